The van der Waals surface area contributed by atoms with Crippen LogP contribution in [0.3, 0.4) is 0 Å². The minimum atomic E-state index is -0.369. The fraction of sp³-hybridized carbons (Fsp3) is 0.714. The molecule has 4 N–H and O–H groups in total. The van der Waals surface area contributed by atoms with E-state index in [9.17, 15) is 19.2 Å². The van der Waals surface area contributed by atoms with Gasteiger partial charge in [0.05, 0.1) is 12.1 Å². The van der Waals surface area contributed by atoms with Crippen LogP contribution in [0.1, 0.15) is 39.5 Å². The molecule has 2 atom stereocenters. The third-order valence-corrected chi connectivity index (χ3v) is 2.93. The Hall–Kier alpha value is -1.60. The molecule has 0 heterocycles. The monoisotopic (exact) mass is 301 g/mol. The molecule has 0 rings (SSSR count). The van der Waals surface area contributed by atoms with Crippen LogP contribution in [0.15, 0.2) is 0 Å². The second-order valence-corrected chi connectivity index (χ2v) is 4.65. The Labute approximate surface area is 126 Å². The summed E-state index contributed by atoms with van der Waals surface area (Å²) in [7, 11) is 3.41. The number of primary amides is 1. The van der Waals surface area contributed by atoms with Gasteiger partial charge in [-0.2, -0.15) is 0 Å². The number of amides is 1. The summed E-state index contributed by atoms with van der Waals surface area (Å²) in [5, 5.41) is 5.63. The zero-order chi connectivity index (χ0) is 16.8. The highest BCUT2D eigenvalue weighted by Gasteiger charge is 2.11. The Morgan fingerprint density at radius 2 is 1.43 bits per heavy atom. The molecule has 0 aliphatic heterocycles. The van der Waals surface area contributed by atoms with Crippen molar-refractivity contribution in [1.29, 1.82) is 0 Å². The Balaban J connectivity index is 0. The molecule has 7 nitrogen and oxygen atoms in total. The maximum absolute atomic E-state index is 10.8. The van der Waals surface area contributed by atoms with Gasteiger partial charge in [0.1, 0.15) is 17.9 Å². The lowest BCUT2D eigenvalue weighted by Crippen LogP contribution is -2.33. The molecule has 2 unspecified atom stereocenters. The highest BCUT2D eigenvalue weighted by Crippen LogP contribution is 1.96. The lowest BCUT2D eigenvalue weighted by Gasteiger charge is -2.10. The highest BCUT2D eigenvalue weighted by atomic mass is 16.1. The highest BCUT2D eigenvalue weighted by molar-refractivity contribution is 5.82. The van der Waals surface area contributed by atoms with E-state index in [1.165, 1.54) is 13.8 Å². The van der Waals surface area contributed by atoms with Gasteiger partial charge in [-0.25, -0.2) is 0 Å². The van der Waals surface area contributed by atoms with Gasteiger partial charge in [0.2, 0.25) is 5.91 Å². The van der Waals surface area contributed by atoms with Gasteiger partial charge in [-0.1, -0.05) is 0 Å². The number of likely N-dealkylation sites (N-methyl/N-ethyl adjacent to an activating group) is 2. The third-order valence-electron chi connectivity index (χ3n) is 2.93. The van der Waals surface area contributed by atoms with E-state index >= 15 is 0 Å². The fourth-order valence-corrected chi connectivity index (χ4v) is 1.62. The molecule has 0 aromatic heterocycles. The van der Waals surface area contributed by atoms with Crippen LogP contribution < -0.4 is 16.4 Å². The number of nitrogens with two attached hydrogens (primary N) is 1. The molecule has 0 aliphatic carbocycles. The van der Waals surface area contributed by atoms with Crippen LogP contribution in [-0.2, 0) is 19.2 Å². The average molecular weight is 301 g/mol. The summed E-state index contributed by atoms with van der Waals surface area (Å²) in [5.74, 6) is -0.246. The molecule has 0 saturated carbocycles. The average Bonchev–Trinajstić information content (AvgIpc) is 2.40. The van der Waals surface area contributed by atoms with E-state index in [0.717, 1.165) is 6.29 Å². The number of Topliss-reactive ketones (excluding diaryl/α,β-unsaturated/α-hetero) is 2. The van der Waals surface area contributed by atoms with E-state index in [1.807, 2.05) is 0 Å². The van der Waals surface area contributed by atoms with Crippen LogP contribution in [-0.4, -0.2) is 49.9 Å². The number of ketones is 2. The van der Waals surface area contributed by atoms with E-state index in [2.05, 4.69) is 10.6 Å². The van der Waals surface area contributed by atoms with Gasteiger partial charge >= 0.3 is 0 Å². The van der Waals surface area contributed by atoms with Crippen molar-refractivity contribution in [3.05, 3.63) is 0 Å². The second kappa shape index (κ2) is 13.4. The second-order valence-electron chi connectivity index (χ2n) is 4.65. The van der Waals surface area contributed by atoms with Gasteiger partial charge in [-0.05, 0) is 40.8 Å². The first-order chi connectivity index (χ1) is 9.79. The van der Waals surface area contributed by atoms with Gasteiger partial charge in [-0.15, -0.1) is 0 Å². The largest absolute Gasteiger partial charge is 0.370 e. The van der Waals surface area contributed by atoms with Crippen molar-refractivity contribution < 1.29 is 19.2 Å². The van der Waals surface area contributed by atoms with E-state index in [4.69, 9.17) is 5.73 Å². The van der Waals surface area contributed by atoms with Crippen molar-refractivity contribution in [2.45, 2.75) is 51.6 Å². The summed E-state index contributed by atoms with van der Waals surface area (Å²) in [6.07, 6.45) is 2.62. The third kappa shape index (κ3) is 13.1. The normalized spacial score (nSPS) is 12.6. The zero-order valence-corrected chi connectivity index (χ0v) is 13.3. The molecule has 0 aromatic rings. The molecule has 21 heavy (non-hydrogen) atoms. The predicted octanol–water partition coefficient (Wildman–Crippen LogP) is -0.429. The van der Waals surface area contributed by atoms with E-state index in [1.54, 1.807) is 14.1 Å². The first kappa shape index (κ1) is 21.7. The summed E-state index contributed by atoms with van der Waals surface area (Å²) < 4.78 is 0. The van der Waals surface area contributed by atoms with Crippen LogP contribution in [0.4, 0.5) is 0 Å². The standard InChI is InChI=1S/C7H14N2O2.C7H13NO2/c1-5(10)6(9-2)3-4-7(8)11;1-6(10)7(8-2)4-3-5-9/h6,9H,3-4H2,1-2H3,(H2,8,11);5,7-8H,3-4H2,1-2H3. The van der Waals surface area contributed by atoms with E-state index in [-0.39, 0.29) is 36.0 Å². The molecule has 7 heteroatoms. The number of hydrogen-bond acceptors (Lipinski definition) is 6. The van der Waals surface area contributed by atoms with E-state index in [0.29, 0.717) is 19.3 Å². The molecular formula is C14H27N3O4. The SMILES string of the molecule is CNC(CCC(N)=O)C(C)=O.CNC(CCC=O)C(C)=O. The van der Waals surface area contributed by atoms with Gasteiger partial charge in [0.25, 0.3) is 0 Å². The molecule has 0 fully saturated rings. The maximum Gasteiger partial charge on any atom is 0.217 e. The van der Waals surface area contributed by atoms with Crippen molar-refractivity contribution in [2.24, 2.45) is 5.73 Å². The number of carbonyl (C=O) groups excluding carboxylic acids is 4. The van der Waals surface area contributed by atoms with Crippen molar-refractivity contribution in [2.75, 3.05) is 14.1 Å². The lowest BCUT2D eigenvalue weighted by atomic mass is 10.1. The number of rotatable bonds is 10. The van der Waals surface area contributed by atoms with Crippen LogP contribution >= 0.6 is 0 Å². The Kier molecular flexibility index (Phi) is 13.8. The number of aldehydes is 1. The molecule has 0 spiro atoms. The molecule has 0 bridgehead atoms. The predicted molar refractivity (Wildman–Crippen MR) is 80.8 cm³/mol. The molecule has 0 aliphatic rings. The smallest absolute Gasteiger partial charge is 0.217 e. The summed E-state index contributed by atoms with van der Waals surface area (Å²) >= 11 is 0. The fourth-order valence-electron chi connectivity index (χ4n) is 1.62. The van der Waals surface area contributed by atoms with Gasteiger partial charge < -0.3 is 21.2 Å². The van der Waals surface area contributed by atoms with Crippen LogP contribution in [0, 0.1) is 0 Å². The first-order valence-electron chi connectivity index (χ1n) is 6.87. The van der Waals surface area contributed by atoms with Crippen molar-refractivity contribution in [3.63, 3.8) is 0 Å². The van der Waals surface area contributed by atoms with E-state index < -0.39 is 0 Å². The summed E-state index contributed by atoms with van der Waals surface area (Å²) in [5.41, 5.74) is 4.92. The van der Waals surface area contributed by atoms with Gasteiger partial charge in [-0.3, -0.25) is 14.4 Å². The Bertz CT molecular complexity index is 345. The minimum Gasteiger partial charge on any atom is -0.370 e. The van der Waals surface area contributed by atoms with Gasteiger partial charge in [0, 0.05) is 12.8 Å². The van der Waals surface area contributed by atoms with Crippen molar-refractivity contribution in [3.8, 4) is 0 Å². The lowest BCUT2D eigenvalue weighted by molar-refractivity contribution is -0.121. The summed E-state index contributed by atoms with van der Waals surface area (Å²) in [6, 6.07) is -0.382. The quantitative estimate of drug-likeness (QED) is 0.471. The number of carbonyl (C=O) groups is 4. The molecule has 0 radical (unpaired) electrons. The van der Waals surface area contributed by atoms with Crippen molar-refractivity contribution >= 4 is 23.8 Å². The molecule has 0 saturated heterocycles. The minimum absolute atomic E-state index is 0.0359. The summed E-state index contributed by atoms with van der Waals surface area (Å²) in [4.78, 5) is 41.7. The van der Waals surface area contributed by atoms with Crippen LogP contribution in [0.25, 0.3) is 0 Å². The topological polar surface area (TPSA) is 118 Å². The number of hydrogen-bond donors (Lipinski definition) is 3. The molecule has 1 amide bonds. The van der Waals surface area contributed by atoms with Crippen molar-refractivity contribution in [1.82, 2.24) is 10.6 Å². The molecular weight excluding hydrogens is 274 g/mol. The zero-order valence-electron chi connectivity index (χ0n) is 13.3. The first-order valence-corrected chi connectivity index (χ1v) is 6.87. The molecule has 0 aromatic carbocycles. The summed E-state index contributed by atoms with van der Waals surface area (Å²) in [6.45, 7) is 3.01. The van der Waals surface area contributed by atoms with Crippen LogP contribution in [0.5, 0.6) is 0 Å². The maximum atomic E-state index is 10.8. The Morgan fingerprint density at radius 1 is 1.00 bits per heavy atom. The van der Waals surface area contributed by atoms with Crippen LogP contribution in [0.2, 0.25) is 0 Å². The number of nitrogens with one attached hydrogen (secondary N) is 2. The van der Waals surface area contributed by atoms with Gasteiger partial charge in [0.15, 0.2) is 0 Å². The Morgan fingerprint density at radius 3 is 1.71 bits per heavy atom. The molecule has 122 valence electrons.